The van der Waals surface area contributed by atoms with E-state index < -0.39 is 11.6 Å². The van der Waals surface area contributed by atoms with E-state index in [1.54, 1.807) is 6.07 Å². The molecular formula is C16H12F2N2O. The van der Waals surface area contributed by atoms with Crippen molar-refractivity contribution in [2.45, 2.75) is 6.92 Å². The van der Waals surface area contributed by atoms with Crippen LogP contribution in [0.2, 0.25) is 0 Å². The molecule has 21 heavy (non-hydrogen) atoms. The number of anilines is 1. The number of nitrogen functional groups attached to an aromatic ring is 1. The van der Waals surface area contributed by atoms with Gasteiger partial charge in [-0.1, -0.05) is 41.1 Å². The molecule has 0 aliphatic heterocycles. The first-order valence-electron chi connectivity index (χ1n) is 6.34. The Labute approximate surface area is 120 Å². The van der Waals surface area contributed by atoms with Gasteiger partial charge in [0.1, 0.15) is 11.6 Å². The summed E-state index contributed by atoms with van der Waals surface area (Å²) in [6, 6.07) is 11.0. The molecule has 0 aliphatic carbocycles. The predicted molar refractivity (Wildman–Crippen MR) is 76.4 cm³/mol. The van der Waals surface area contributed by atoms with Crippen LogP contribution in [-0.4, -0.2) is 5.16 Å². The van der Waals surface area contributed by atoms with Crippen molar-refractivity contribution in [3.8, 4) is 22.5 Å². The Morgan fingerprint density at radius 2 is 1.67 bits per heavy atom. The van der Waals surface area contributed by atoms with E-state index in [9.17, 15) is 8.78 Å². The summed E-state index contributed by atoms with van der Waals surface area (Å²) in [6.07, 6.45) is 0. The molecule has 3 nitrogen and oxygen atoms in total. The summed E-state index contributed by atoms with van der Waals surface area (Å²) < 4.78 is 33.0. The minimum Gasteiger partial charge on any atom is -0.380 e. The van der Waals surface area contributed by atoms with Crippen molar-refractivity contribution >= 4 is 5.82 Å². The third kappa shape index (κ3) is 2.27. The summed E-state index contributed by atoms with van der Waals surface area (Å²) >= 11 is 0. The fraction of sp³-hybridized carbons (Fsp3) is 0.0625. The molecule has 0 radical (unpaired) electrons. The fourth-order valence-corrected chi connectivity index (χ4v) is 2.27. The van der Waals surface area contributed by atoms with E-state index in [-0.39, 0.29) is 17.1 Å². The lowest BCUT2D eigenvalue weighted by Crippen LogP contribution is -1.92. The first-order chi connectivity index (χ1) is 10.1. The van der Waals surface area contributed by atoms with Gasteiger partial charge in [0.15, 0.2) is 11.6 Å². The molecule has 0 amide bonds. The van der Waals surface area contributed by atoms with Gasteiger partial charge in [-0.25, -0.2) is 8.78 Å². The molecule has 0 bridgehead atoms. The lowest BCUT2D eigenvalue weighted by atomic mass is 9.99. The summed E-state index contributed by atoms with van der Waals surface area (Å²) in [4.78, 5) is 0. The first-order valence-corrected chi connectivity index (χ1v) is 6.34. The smallest absolute Gasteiger partial charge is 0.182 e. The van der Waals surface area contributed by atoms with Crippen LogP contribution in [0.5, 0.6) is 0 Å². The quantitative estimate of drug-likeness (QED) is 0.769. The highest BCUT2D eigenvalue weighted by Gasteiger charge is 2.23. The fourth-order valence-electron chi connectivity index (χ4n) is 2.27. The second-order valence-electron chi connectivity index (χ2n) is 4.74. The summed E-state index contributed by atoms with van der Waals surface area (Å²) in [5.41, 5.74) is 7.63. The zero-order chi connectivity index (χ0) is 15.0. The number of hydrogen-bond donors (Lipinski definition) is 1. The molecule has 3 rings (SSSR count). The highest BCUT2D eigenvalue weighted by Crippen LogP contribution is 2.38. The van der Waals surface area contributed by atoms with Crippen molar-refractivity contribution in [1.82, 2.24) is 5.16 Å². The minimum absolute atomic E-state index is 0.00583. The van der Waals surface area contributed by atoms with E-state index in [2.05, 4.69) is 5.16 Å². The number of halogens is 2. The maximum absolute atomic E-state index is 14.0. The van der Waals surface area contributed by atoms with Gasteiger partial charge in [0.05, 0.1) is 11.1 Å². The number of rotatable bonds is 2. The monoisotopic (exact) mass is 286 g/mol. The van der Waals surface area contributed by atoms with Gasteiger partial charge in [0.2, 0.25) is 0 Å². The first kappa shape index (κ1) is 13.3. The molecule has 1 aromatic heterocycles. The molecule has 0 fully saturated rings. The SMILES string of the molecule is Cc1cccc(-c2c(N)noc2-c2c(F)cccc2F)c1. The van der Waals surface area contributed by atoms with Gasteiger partial charge in [0.25, 0.3) is 0 Å². The molecular weight excluding hydrogens is 274 g/mol. The lowest BCUT2D eigenvalue weighted by molar-refractivity contribution is 0.430. The predicted octanol–water partition coefficient (Wildman–Crippen LogP) is 4.18. The van der Waals surface area contributed by atoms with Crippen LogP contribution in [0.15, 0.2) is 47.0 Å². The van der Waals surface area contributed by atoms with Crippen LogP contribution in [0.1, 0.15) is 5.56 Å². The average Bonchev–Trinajstić information content (AvgIpc) is 2.80. The number of nitrogens with zero attached hydrogens (tertiary/aromatic N) is 1. The second-order valence-corrected chi connectivity index (χ2v) is 4.74. The molecule has 106 valence electrons. The van der Waals surface area contributed by atoms with E-state index >= 15 is 0 Å². The van der Waals surface area contributed by atoms with E-state index in [4.69, 9.17) is 10.3 Å². The summed E-state index contributed by atoms with van der Waals surface area (Å²) in [5.74, 6) is -1.35. The maximum atomic E-state index is 14.0. The normalized spacial score (nSPS) is 10.8. The number of hydrogen-bond acceptors (Lipinski definition) is 3. The minimum atomic E-state index is -0.722. The molecule has 0 aliphatic rings. The number of aryl methyl sites for hydroxylation is 1. The molecule has 5 heteroatoms. The Morgan fingerprint density at radius 1 is 1.00 bits per heavy atom. The molecule has 0 saturated carbocycles. The molecule has 1 heterocycles. The van der Waals surface area contributed by atoms with Gasteiger partial charge in [-0.05, 0) is 24.6 Å². The molecule has 2 N–H and O–H groups in total. The van der Waals surface area contributed by atoms with Gasteiger partial charge < -0.3 is 10.3 Å². The Bertz CT molecular complexity index is 792. The Kier molecular flexibility index (Phi) is 3.17. The van der Waals surface area contributed by atoms with Crippen molar-refractivity contribution < 1.29 is 13.3 Å². The van der Waals surface area contributed by atoms with Crippen LogP contribution in [0.3, 0.4) is 0 Å². The number of aromatic nitrogens is 1. The van der Waals surface area contributed by atoms with Crippen molar-refractivity contribution in [3.05, 3.63) is 59.7 Å². The summed E-state index contributed by atoms with van der Waals surface area (Å²) in [6.45, 7) is 1.91. The van der Waals surface area contributed by atoms with E-state index in [1.165, 1.54) is 6.07 Å². The molecule has 0 atom stereocenters. The van der Waals surface area contributed by atoms with Crippen molar-refractivity contribution in [2.75, 3.05) is 5.73 Å². The van der Waals surface area contributed by atoms with Crippen molar-refractivity contribution in [3.63, 3.8) is 0 Å². The molecule has 2 aromatic carbocycles. The van der Waals surface area contributed by atoms with E-state index in [0.29, 0.717) is 11.1 Å². The van der Waals surface area contributed by atoms with Gasteiger partial charge in [-0.15, -0.1) is 0 Å². The third-order valence-electron chi connectivity index (χ3n) is 3.22. The Morgan fingerprint density at radius 3 is 2.33 bits per heavy atom. The molecule has 0 unspecified atom stereocenters. The largest absolute Gasteiger partial charge is 0.380 e. The summed E-state index contributed by atoms with van der Waals surface area (Å²) in [5, 5.41) is 3.65. The molecule has 3 aromatic rings. The molecule has 0 saturated heterocycles. The maximum Gasteiger partial charge on any atom is 0.182 e. The Hall–Kier alpha value is -2.69. The van der Waals surface area contributed by atoms with Crippen LogP contribution in [0.25, 0.3) is 22.5 Å². The van der Waals surface area contributed by atoms with Crippen LogP contribution < -0.4 is 5.73 Å². The zero-order valence-corrected chi connectivity index (χ0v) is 11.2. The number of benzene rings is 2. The number of nitrogens with two attached hydrogens (primary N) is 1. The van der Waals surface area contributed by atoms with Crippen LogP contribution in [0, 0.1) is 18.6 Å². The van der Waals surface area contributed by atoms with E-state index in [1.807, 2.05) is 25.1 Å². The van der Waals surface area contributed by atoms with Crippen molar-refractivity contribution in [2.24, 2.45) is 0 Å². The highest BCUT2D eigenvalue weighted by atomic mass is 19.1. The molecule has 0 spiro atoms. The Balaban J connectivity index is 2.27. The third-order valence-corrected chi connectivity index (χ3v) is 3.22. The standard InChI is InChI=1S/C16H12F2N2O/c1-9-4-2-5-10(8-9)13-15(21-20-16(13)19)14-11(17)6-3-7-12(14)18/h2-8H,1H3,(H2,19,20). The van der Waals surface area contributed by atoms with Crippen LogP contribution in [-0.2, 0) is 0 Å². The van der Waals surface area contributed by atoms with Crippen molar-refractivity contribution in [1.29, 1.82) is 0 Å². The lowest BCUT2D eigenvalue weighted by Gasteiger charge is -2.05. The van der Waals surface area contributed by atoms with Gasteiger partial charge in [-0.3, -0.25) is 0 Å². The van der Waals surface area contributed by atoms with Gasteiger partial charge in [0, 0.05) is 0 Å². The second kappa shape index (κ2) is 5.01. The van der Waals surface area contributed by atoms with Crippen LogP contribution >= 0.6 is 0 Å². The van der Waals surface area contributed by atoms with Gasteiger partial charge in [-0.2, -0.15) is 0 Å². The zero-order valence-electron chi connectivity index (χ0n) is 11.2. The van der Waals surface area contributed by atoms with Gasteiger partial charge >= 0.3 is 0 Å². The summed E-state index contributed by atoms with van der Waals surface area (Å²) in [7, 11) is 0. The topological polar surface area (TPSA) is 52.0 Å². The van der Waals surface area contributed by atoms with Crippen LogP contribution in [0.4, 0.5) is 14.6 Å². The highest BCUT2D eigenvalue weighted by molar-refractivity contribution is 5.87. The average molecular weight is 286 g/mol. The van der Waals surface area contributed by atoms with E-state index in [0.717, 1.165) is 17.7 Å².